The number of hydrogen-bond acceptors (Lipinski definition) is 6. The van der Waals surface area contributed by atoms with Crippen LogP contribution in [-0.4, -0.2) is 46.5 Å². The first-order valence-corrected chi connectivity index (χ1v) is 12.3. The van der Waals surface area contributed by atoms with Crippen LogP contribution in [0, 0.1) is 28.6 Å². The fourth-order valence-electron chi connectivity index (χ4n) is 7.71. The monoisotopic (exact) mass is 466 g/mol. The molecule has 6 nitrogen and oxygen atoms in total. The first-order valence-electron chi connectivity index (χ1n) is 11.8. The molecule has 178 valence electrons. The summed E-state index contributed by atoms with van der Waals surface area (Å²) in [6.07, 6.45) is 8.01. The third-order valence-corrected chi connectivity index (χ3v) is 9.89. The predicted molar refractivity (Wildman–Crippen MR) is 119 cm³/mol. The summed E-state index contributed by atoms with van der Waals surface area (Å²) in [6, 6.07) is 0. The predicted octanol–water partition coefficient (Wildman–Crippen LogP) is 3.96. The van der Waals surface area contributed by atoms with Crippen molar-refractivity contribution in [2.45, 2.75) is 89.7 Å². The fourth-order valence-corrected chi connectivity index (χ4v) is 8.28. The number of allylic oxidation sites excluding steroid dienone is 1. The molecule has 4 rings (SSSR count). The zero-order chi connectivity index (χ0) is 23.5. The van der Waals surface area contributed by atoms with Crippen LogP contribution in [0.5, 0.6) is 0 Å². The second-order valence-electron chi connectivity index (χ2n) is 10.9. The molecule has 0 aromatic heterocycles. The van der Waals surface area contributed by atoms with E-state index in [9.17, 15) is 19.5 Å². The Morgan fingerprint density at radius 3 is 2.50 bits per heavy atom. The molecule has 0 bridgehead atoms. The van der Waals surface area contributed by atoms with E-state index in [0.717, 1.165) is 32.1 Å². The number of carbonyl (C=O) groups is 3. The lowest BCUT2D eigenvalue weighted by atomic mass is 9.46. The molecule has 0 saturated heterocycles. The molecular weight excluding hydrogens is 432 g/mol. The molecule has 32 heavy (non-hydrogen) atoms. The number of fused-ring (bicyclic) bond motifs is 5. The van der Waals surface area contributed by atoms with Crippen molar-refractivity contribution in [3.05, 3.63) is 11.6 Å². The molecule has 0 radical (unpaired) electrons. The Kier molecular flexibility index (Phi) is 6.03. The van der Waals surface area contributed by atoms with Crippen LogP contribution in [0.4, 0.5) is 0 Å². The Morgan fingerprint density at radius 1 is 1.12 bits per heavy atom. The van der Waals surface area contributed by atoms with Gasteiger partial charge in [-0.1, -0.05) is 25.5 Å². The molecule has 0 aliphatic heterocycles. The van der Waals surface area contributed by atoms with Crippen molar-refractivity contribution in [2.24, 2.45) is 28.6 Å². The smallest absolute Gasteiger partial charge is 0.303 e. The number of rotatable bonds is 4. The summed E-state index contributed by atoms with van der Waals surface area (Å²) in [5, 5.41) is 11.0. The normalized spacial score (nSPS) is 45.1. The second-order valence-corrected chi connectivity index (χ2v) is 11.4. The zero-order valence-corrected chi connectivity index (χ0v) is 20.2. The van der Waals surface area contributed by atoms with Crippen LogP contribution >= 0.6 is 11.6 Å². The minimum atomic E-state index is -1.70. The minimum Gasteiger partial charge on any atom is -0.462 e. The molecule has 0 spiro atoms. The maximum atomic E-state index is 13.1. The summed E-state index contributed by atoms with van der Waals surface area (Å²) in [4.78, 5) is 35.7. The van der Waals surface area contributed by atoms with E-state index in [1.807, 2.05) is 6.92 Å². The van der Waals surface area contributed by atoms with Gasteiger partial charge in [0.2, 0.25) is 5.78 Å². The zero-order valence-electron chi connectivity index (χ0n) is 19.5. The van der Waals surface area contributed by atoms with E-state index in [-0.39, 0.29) is 23.4 Å². The molecule has 0 heterocycles. The second kappa shape index (κ2) is 8.12. The number of alkyl halides is 1. The van der Waals surface area contributed by atoms with Gasteiger partial charge in [0, 0.05) is 25.7 Å². The molecule has 1 N–H and O–H groups in total. The lowest BCUT2D eigenvalue weighted by Crippen LogP contribution is -2.60. The van der Waals surface area contributed by atoms with E-state index in [0.29, 0.717) is 24.7 Å². The lowest BCUT2D eigenvalue weighted by Gasteiger charge is -2.58. The molecular formula is C25H35ClO6. The molecule has 8 atom stereocenters. The van der Waals surface area contributed by atoms with E-state index in [2.05, 4.69) is 13.0 Å². The number of halogens is 1. The summed E-state index contributed by atoms with van der Waals surface area (Å²) in [5.41, 5.74) is -0.904. The highest BCUT2D eigenvalue weighted by molar-refractivity contribution is 6.24. The Labute approximate surface area is 195 Å². The molecule has 7 heteroatoms. The maximum Gasteiger partial charge on any atom is 0.303 e. The highest BCUT2D eigenvalue weighted by atomic mass is 35.5. The maximum absolute atomic E-state index is 13.1. The van der Waals surface area contributed by atoms with Crippen molar-refractivity contribution in [3.8, 4) is 0 Å². The van der Waals surface area contributed by atoms with E-state index in [4.69, 9.17) is 21.1 Å². The van der Waals surface area contributed by atoms with Crippen LogP contribution in [0.3, 0.4) is 0 Å². The molecule has 0 amide bonds. The summed E-state index contributed by atoms with van der Waals surface area (Å²) in [6.45, 7) is 6.62. The summed E-state index contributed by atoms with van der Waals surface area (Å²) >= 11 is 6.69. The molecule has 4 aliphatic rings. The SMILES string of the molecule is CC(=O)OCC(=O)[C@]1(O)[C@@H](Cl)C[C@H]2[C@@H]3CC=C4C[C@@H](OC(C)=O)CC[C@]4(C)[C@H]3CC[C@@]21C. The highest BCUT2D eigenvalue weighted by Gasteiger charge is 2.69. The molecule has 3 fully saturated rings. The quantitative estimate of drug-likeness (QED) is 0.383. The first-order chi connectivity index (χ1) is 14.9. The van der Waals surface area contributed by atoms with Crippen molar-refractivity contribution in [2.75, 3.05) is 6.61 Å². The van der Waals surface area contributed by atoms with Gasteiger partial charge in [-0.3, -0.25) is 14.4 Å². The fraction of sp³-hybridized carbons (Fsp3) is 0.800. The van der Waals surface area contributed by atoms with Gasteiger partial charge in [-0.15, -0.1) is 11.6 Å². The molecule has 4 aliphatic carbocycles. The number of Topliss-reactive ketones (excluding diaryl/α,β-unsaturated/α-hetero) is 1. The highest BCUT2D eigenvalue weighted by Crippen LogP contribution is 2.68. The molecule has 0 aromatic rings. The minimum absolute atomic E-state index is 0.0417. The van der Waals surface area contributed by atoms with Crippen LogP contribution in [0.15, 0.2) is 11.6 Å². The van der Waals surface area contributed by atoms with Gasteiger partial charge in [0.1, 0.15) is 11.7 Å². The standard InChI is InChI=1S/C25H35ClO6/c1-14(27)31-13-22(29)25(30)21(26)12-20-18-6-5-16-11-17(32-15(2)28)7-9-23(16,3)19(18)8-10-24(20,25)4/h5,17-21,30H,6-13H2,1-4H3/t17-,18+,19-,20-,21-,23-,24-,25+/m0/s1. The number of aliphatic hydroxyl groups is 1. The third-order valence-electron chi connectivity index (χ3n) is 9.40. The van der Waals surface area contributed by atoms with Crippen LogP contribution < -0.4 is 0 Å². The van der Waals surface area contributed by atoms with Gasteiger partial charge in [-0.25, -0.2) is 0 Å². The number of hydrogen-bond donors (Lipinski definition) is 1. The van der Waals surface area contributed by atoms with Crippen molar-refractivity contribution in [1.82, 2.24) is 0 Å². The number of ether oxygens (including phenoxy) is 2. The number of carbonyl (C=O) groups excluding carboxylic acids is 3. The lowest BCUT2D eigenvalue weighted by molar-refractivity contribution is -0.168. The van der Waals surface area contributed by atoms with Gasteiger partial charge < -0.3 is 14.6 Å². The van der Waals surface area contributed by atoms with Crippen LogP contribution in [0.25, 0.3) is 0 Å². The average Bonchev–Trinajstić information content (AvgIpc) is 2.93. The molecule has 0 unspecified atom stereocenters. The van der Waals surface area contributed by atoms with Gasteiger partial charge in [-0.2, -0.15) is 0 Å². The Morgan fingerprint density at radius 2 is 1.84 bits per heavy atom. The Bertz CT molecular complexity index is 853. The molecule has 3 saturated carbocycles. The Hall–Kier alpha value is -1.40. The van der Waals surface area contributed by atoms with Crippen molar-refractivity contribution < 1.29 is 29.0 Å². The van der Waals surface area contributed by atoms with E-state index < -0.39 is 34.8 Å². The van der Waals surface area contributed by atoms with Gasteiger partial charge in [0.25, 0.3) is 0 Å². The largest absolute Gasteiger partial charge is 0.462 e. The average molecular weight is 467 g/mol. The van der Waals surface area contributed by atoms with E-state index in [1.165, 1.54) is 19.4 Å². The van der Waals surface area contributed by atoms with Gasteiger partial charge in [-0.05, 0) is 61.7 Å². The summed E-state index contributed by atoms with van der Waals surface area (Å²) in [5.74, 6) is -0.345. The summed E-state index contributed by atoms with van der Waals surface area (Å²) < 4.78 is 10.4. The third kappa shape index (κ3) is 3.44. The van der Waals surface area contributed by atoms with Crippen molar-refractivity contribution in [3.63, 3.8) is 0 Å². The van der Waals surface area contributed by atoms with Gasteiger partial charge in [0.05, 0.1) is 5.38 Å². The van der Waals surface area contributed by atoms with Crippen molar-refractivity contribution in [1.29, 1.82) is 0 Å². The van der Waals surface area contributed by atoms with Crippen LogP contribution in [0.1, 0.15) is 72.6 Å². The number of ketones is 1. The topological polar surface area (TPSA) is 89.9 Å². The van der Waals surface area contributed by atoms with Crippen LogP contribution in [0.2, 0.25) is 0 Å². The first kappa shape index (κ1) is 23.7. The van der Waals surface area contributed by atoms with Gasteiger partial charge >= 0.3 is 11.9 Å². The molecule has 0 aromatic carbocycles. The van der Waals surface area contributed by atoms with E-state index >= 15 is 0 Å². The summed E-state index contributed by atoms with van der Waals surface area (Å²) in [7, 11) is 0. The number of esters is 2. The Balaban J connectivity index is 1.59. The van der Waals surface area contributed by atoms with Gasteiger partial charge in [0.15, 0.2) is 6.61 Å². The van der Waals surface area contributed by atoms with Crippen molar-refractivity contribution >= 4 is 29.3 Å². The van der Waals surface area contributed by atoms with E-state index in [1.54, 1.807) is 0 Å². The van der Waals surface area contributed by atoms with Crippen LogP contribution in [-0.2, 0) is 23.9 Å².